The van der Waals surface area contributed by atoms with Gasteiger partial charge in [-0.15, -0.1) is 0 Å². The van der Waals surface area contributed by atoms with Gasteiger partial charge in [-0.3, -0.25) is 20.2 Å². The van der Waals surface area contributed by atoms with Crippen LogP contribution in [0, 0.1) is 20.2 Å². The fourth-order valence-corrected chi connectivity index (χ4v) is 3.25. The fraction of sp³-hybridized carbons (Fsp3) is 0. The average molecular weight is 731 g/mol. The first-order valence-corrected chi connectivity index (χ1v) is 13.2. The lowest BCUT2D eigenvalue weighted by Gasteiger charge is -1.98. The number of nitro groups is 2. The summed E-state index contributed by atoms with van der Waals surface area (Å²) in [5, 5.41) is 60.0. The number of rotatable bonds is 8. The van der Waals surface area contributed by atoms with Crippen LogP contribution in [-0.2, 0) is 0 Å². The van der Waals surface area contributed by atoms with Crippen molar-refractivity contribution >= 4 is 58.7 Å². The van der Waals surface area contributed by atoms with E-state index in [0.29, 0.717) is 0 Å². The molecule has 22 heteroatoms. The minimum atomic E-state index is -1.42. The van der Waals surface area contributed by atoms with E-state index in [0.717, 1.165) is 47.8 Å². The second kappa shape index (κ2) is 22.6. The van der Waals surface area contributed by atoms with Gasteiger partial charge in [0.2, 0.25) is 0 Å². The summed E-state index contributed by atoms with van der Waals surface area (Å²) < 4.78 is 0. The first-order valence-electron chi connectivity index (χ1n) is 13.2. The van der Waals surface area contributed by atoms with Crippen molar-refractivity contribution in [3.63, 3.8) is 0 Å². The molecule has 4 amide bonds. The number of carbonyl (C=O) groups excluding carboxylic acids is 2. The number of primary amides is 2. The smallest absolute Gasteiger partial charge is 0.335 e. The predicted octanol–water partition coefficient (Wildman–Crippen LogP) is 2.69. The molecule has 0 heterocycles. The van der Waals surface area contributed by atoms with Crippen LogP contribution in [-0.4, -0.2) is 77.2 Å². The quantitative estimate of drug-likeness (QED) is 0.0954. The highest BCUT2D eigenvalue weighted by Crippen LogP contribution is 2.18. The molecule has 52 heavy (non-hydrogen) atoms. The SMILES string of the molecule is NC(=O)Nc1ccccc1.NC(=O)Nc1ccccc1.O.O.O=C(O)c1cc(C(=O)O)cc([N+](=O)[O-])c1.O=C(O)c1cc(C(=O)O)cc([N+](=O)[O-])c1. The molecule has 0 bridgehead atoms. The minimum absolute atomic E-state index is 0. The van der Waals surface area contributed by atoms with Crippen molar-refractivity contribution in [1.82, 2.24) is 0 Å². The second-order valence-corrected chi connectivity index (χ2v) is 8.98. The van der Waals surface area contributed by atoms with E-state index in [1.807, 2.05) is 36.4 Å². The number of nitrogens with two attached hydrogens (primary N) is 2. The van der Waals surface area contributed by atoms with Gasteiger partial charge in [-0.2, -0.15) is 0 Å². The van der Waals surface area contributed by atoms with Gasteiger partial charge < -0.3 is 53.5 Å². The van der Waals surface area contributed by atoms with Crippen LogP contribution >= 0.6 is 0 Å². The predicted molar refractivity (Wildman–Crippen MR) is 181 cm³/mol. The third kappa shape index (κ3) is 17.3. The molecular weight excluding hydrogens is 700 g/mol. The van der Waals surface area contributed by atoms with Gasteiger partial charge in [-0.1, -0.05) is 36.4 Å². The summed E-state index contributed by atoms with van der Waals surface area (Å²) >= 11 is 0. The molecule has 0 radical (unpaired) electrons. The summed E-state index contributed by atoms with van der Waals surface area (Å²) in [6, 6.07) is 22.0. The lowest BCUT2D eigenvalue weighted by Crippen LogP contribution is -2.18. The number of aromatic carboxylic acids is 4. The molecule has 14 N–H and O–H groups in total. The fourth-order valence-electron chi connectivity index (χ4n) is 3.25. The Morgan fingerprint density at radius 3 is 0.885 bits per heavy atom. The third-order valence-corrected chi connectivity index (χ3v) is 5.33. The number of hydrogen-bond donors (Lipinski definition) is 8. The first-order chi connectivity index (χ1) is 23.4. The van der Waals surface area contributed by atoms with Crippen molar-refractivity contribution in [2.75, 3.05) is 10.6 Å². The highest BCUT2D eigenvalue weighted by Gasteiger charge is 2.17. The summed E-state index contributed by atoms with van der Waals surface area (Å²) in [5.74, 6) is -5.66. The number of non-ortho nitro benzene ring substituents is 2. The van der Waals surface area contributed by atoms with Crippen LogP contribution in [0.2, 0.25) is 0 Å². The Balaban J connectivity index is 0. The summed E-state index contributed by atoms with van der Waals surface area (Å²) in [5.41, 5.74) is 8.34. The maximum absolute atomic E-state index is 10.5. The van der Waals surface area contributed by atoms with Crippen molar-refractivity contribution in [2.45, 2.75) is 0 Å². The standard InChI is InChI=1S/2C8H5NO6.2C7H8N2O.2H2O/c2*10-7(11)4-1-5(8(12)13)3-6(2-4)9(14)15;2*8-7(10)9-6-4-2-1-3-5-6;;/h2*1-3H,(H,10,11)(H,12,13);2*1-5H,(H3,8,9,10);2*1H2. The van der Waals surface area contributed by atoms with Crippen LogP contribution in [0.4, 0.5) is 32.3 Å². The van der Waals surface area contributed by atoms with Gasteiger partial charge in [-0.25, -0.2) is 28.8 Å². The zero-order valence-electron chi connectivity index (χ0n) is 26.2. The zero-order valence-corrected chi connectivity index (χ0v) is 26.2. The Kier molecular flexibility index (Phi) is 20.0. The van der Waals surface area contributed by atoms with Gasteiger partial charge in [0.05, 0.1) is 32.1 Å². The van der Waals surface area contributed by atoms with E-state index < -0.39 is 79.4 Å². The van der Waals surface area contributed by atoms with E-state index in [4.69, 9.17) is 31.9 Å². The summed E-state index contributed by atoms with van der Waals surface area (Å²) in [4.78, 5) is 81.7. The Hall–Kier alpha value is -7.98. The summed E-state index contributed by atoms with van der Waals surface area (Å²) in [6.07, 6.45) is 0. The molecule has 4 aromatic carbocycles. The van der Waals surface area contributed by atoms with E-state index in [1.54, 1.807) is 24.3 Å². The molecule has 0 atom stereocenters. The average Bonchev–Trinajstić information content (AvgIpc) is 3.05. The van der Waals surface area contributed by atoms with Gasteiger partial charge in [-0.05, 0) is 36.4 Å². The Labute approximate surface area is 290 Å². The van der Waals surface area contributed by atoms with E-state index in [2.05, 4.69) is 10.6 Å². The van der Waals surface area contributed by atoms with E-state index in [9.17, 15) is 49.0 Å². The number of urea groups is 2. The normalized spacial score (nSPS) is 8.92. The number of hydrogen-bond acceptors (Lipinski definition) is 10. The number of nitrogens with one attached hydrogen (secondary N) is 2. The molecule has 0 fully saturated rings. The molecule has 0 saturated heterocycles. The molecule has 0 spiro atoms. The third-order valence-electron chi connectivity index (χ3n) is 5.33. The molecule has 0 saturated carbocycles. The number of anilines is 2. The van der Waals surface area contributed by atoms with Crippen LogP contribution in [0.5, 0.6) is 0 Å². The largest absolute Gasteiger partial charge is 0.478 e. The van der Waals surface area contributed by atoms with Gasteiger partial charge in [0, 0.05) is 35.6 Å². The van der Waals surface area contributed by atoms with Gasteiger partial charge in [0.15, 0.2) is 0 Å². The number of carboxylic acid groups (broad SMARTS) is 4. The molecular formula is C30H30N6O16. The number of nitrogens with zero attached hydrogens (tertiary/aromatic N) is 2. The second-order valence-electron chi connectivity index (χ2n) is 8.98. The molecule has 0 aliphatic heterocycles. The number of benzene rings is 4. The number of para-hydroxylation sites is 2. The maximum Gasteiger partial charge on any atom is 0.335 e. The number of carbonyl (C=O) groups is 6. The first kappa shape index (κ1) is 46.1. The number of carboxylic acids is 4. The lowest BCUT2D eigenvalue weighted by molar-refractivity contribution is -0.385. The van der Waals surface area contributed by atoms with Crippen LogP contribution in [0.25, 0.3) is 0 Å². The highest BCUT2D eigenvalue weighted by atomic mass is 16.6. The topological polar surface area (TPSA) is 409 Å². The molecule has 276 valence electrons. The van der Waals surface area contributed by atoms with Crippen LogP contribution in [0.3, 0.4) is 0 Å². The van der Waals surface area contributed by atoms with Crippen LogP contribution < -0.4 is 22.1 Å². The van der Waals surface area contributed by atoms with Crippen LogP contribution in [0.15, 0.2) is 97.1 Å². The van der Waals surface area contributed by atoms with Gasteiger partial charge >= 0.3 is 35.9 Å². The number of amides is 4. The molecule has 0 aliphatic rings. The molecule has 0 aliphatic carbocycles. The maximum atomic E-state index is 10.5. The minimum Gasteiger partial charge on any atom is -0.478 e. The van der Waals surface area contributed by atoms with Crippen molar-refractivity contribution in [3.8, 4) is 0 Å². The number of nitro benzene ring substituents is 2. The van der Waals surface area contributed by atoms with E-state index in [1.165, 1.54) is 0 Å². The molecule has 22 nitrogen and oxygen atoms in total. The van der Waals surface area contributed by atoms with Gasteiger partial charge in [0.25, 0.3) is 11.4 Å². The monoisotopic (exact) mass is 730 g/mol. The zero-order chi connectivity index (χ0) is 38.0. The van der Waals surface area contributed by atoms with Crippen molar-refractivity contribution in [3.05, 3.63) is 140 Å². The van der Waals surface area contributed by atoms with Crippen molar-refractivity contribution in [1.29, 1.82) is 0 Å². The van der Waals surface area contributed by atoms with Gasteiger partial charge in [0.1, 0.15) is 0 Å². The van der Waals surface area contributed by atoms with Crippen molar-refractivity contribution in [2.24, 2.45) is 11.5 Å². The highest BCUT2D eigenvalue weighted by molar-refractivity contribution is 5.95. The van der Waals surface area contributed by atoms with E-state index >= 15 is 0 Å². The summed E-state index contributed by atoms with van der Waals surface area (Å²) in [6.45, 7) is 0. The Morgan fingerprint density at radius 1 is 0.481 bits per heavy atom. The Morgan fingerprint density at radius 2 is 0.712 bits per heavy atom. The van der Waals surface area contributed by atoms with Crippen molar-refractivity contribution < 1.29 is 70.0 Å². The molecule has 4 rings (SSSR count). The van der Waals surface area contributed by atoms with Crippen LogP contribution in [0.1, 0.15) is 41.4 Å². The van der Waals surface area contributed by atoms with E-state index in [-0.39, 0.29) is 11.0 Å². The molecule has 4 aromatic rings. The molecule has 0 aromatic heterocycles. The Bertz CT molecular complexity index is 1590. The molecule has 0 unspecified atom stereocenters. The summed E-state index contributed by atoms with van der Waals surface area (Å²) in [7, 11) is 0. The lowest BCUT2D eigenvalue weighted by atomic mass is 10.1.